The molecule has 0 unspecified atom stereocenters. The lowest BCUT2D eigenvalue weighted by atomic mass is 10.1. The van der Waals surface area contributed by atoms with Gasteiger partial charge in [-0.1, -0.05) is 43.2 Å². The van der Waals surface area contributed by atoms with E-state index in [4.69, 9.17) is 4.74 Å². The van der Waals surface area contributed by atoms with Gasteiger partial charge in [0.15, 0.2) is 0 Å². The molecule has 1 aromatic rings. The Hall–Kier alpha value is -1.92. The average molecular weight is 345 g/mol. The lowest BCUT2D eigenvalue weighted by Gasteiger charge is -2.33. The lowest BCUT2D eigenvalue weighted by Crippen LogP contribution is -2.47. The number of hydrogen-bond donors (Lipinski definition) is 2. The topological polar surface area (TPSA) is 70.7 Å². The molecular weight excluding hydrogens is 318 g/mol. The molecule has 6 nitrogen and oxygen atoms in total. The molecule has 3 rings (SSSR count). The van der Waals surface area contributed by atoms with Crippen molar-refractivity contribution < 1.29 is 14.3 Å². The Morgan fingerprint density at radius 1 is 1.12 bits per heavy atom. The quantitative estimate of drug-likeness (QED) is 0.788. The lowest BCUT2D eigenvalue weighted by molar-refractivity contribution is -0.139. The molecule has 0 spiro atoms. The van der Waals surface area contributed by atoms with Crippen LogP contribution in [-0.4, -0.2) is 55.5 Å². The van der Waals surface area contributed by atoms with Gasteiger partial charge in [0.1, 0.15) is 0 Å². The summed E-state index contributed by atoms with van der Waals surface area (Å²) in [5.74, 6) is -1.03. The van der Waals surface area contributed by atoms with Crippen LogP contribution >= 0.6 is 0 Å². The fourth-order valence-electron chi connectivity index (χ4n) is 3.50. The summed E-state index contributed by atoms with van der Waals surface area (Å²) in [7, 11) is 0. The van der Waals surface area contributed by atoms with Gasteiger partial charge in [-0.25, -0.2) is 0 Å². The van der Waals surface area contributed by atoms with E-state index in [-0.39, 0.29) is 12.1 Å². The molecule has 0 radical (unpaired) electrons. The molecule has 1 aliphatic heterocycles. The summed E-state index contributed by atoms with van der Waals surface area (Å²) in [6.45, 7) is 3.50. The predicted octanol–water partition coefficient (Wildman–Crippen LogP) is 1.23. The first-order valence-electron chi connectivity index (χ1n) is 9.20. The van der Waals surface area contributed by atoms with Gasteiger partial charge >= 0.3 is 11.8 Å². The summed E-state index contributed by atoms with van der Waals surface area (Å²) in [6, 6.07) is 10.3. The monoisotopic (exact) mass is 345 g/mol. The summed E-state index contributed by atoms with van der Waals surface area (Å²) < 4.78 is 5.84. The Morgan fingerprint density at radius 2 is 1.88 bits per heavy atom. The van der Waals surface area contributed by atoms with E-state index in [0.29, 0.717) is 13.2 Å². The van der Waals surface area contributed by atoms with Gasteiger partial charge in [-0.3, -0.25) is 14.5 Å². The molecule has 6 heteroatoms. The molecule has 1 aromatic carbocycles. The van der Waals surface area contributed by atoms with Crippen molar-refractivity contribution in [1.82, 2.24) is 15.5 Å². The zero-order valence-corrected chi connectivity index (χ0v) is 14.6. The van der Waals surface area contributed by atoms with Crippen molar-refractivity contribution >= 4 is 11.8 Å². The molecule has 25 heavy (non-hydrogen) atoms. The van der Waals surface area contributed by atoms with Crippen LogP contribution in [0.25, 0.3) is 0 Å². The third-order valence-electron chi connectivity index (χ3n) is 4.93. The van der Waals surface area contributed by atoms with Crippen LogP contribution in [0.5, 0.6) is 0 Å². The van der Waals surface area contributed by atoms with Crippen LogP contribution in [0.15, 0.2) is 30.3 Å². The van der Waals surface area contributed by atoms with Gasteiger partial charge in [-0.15, -0.1) is 0 Å². The SMILES string of the molecule is O=C(NCCN1CCO[C@H](c2ccccc2)C1)C(=O)NC1CCCC1. The number of amides is 2. The van der Waals surface area contributed by atoms with Crippen LogP contribution < -0.4 is 10.6 Å². The maximum absolute atomic E-state index is 11.9. The normalized spacial score (nSPS) is 21.8. The van der Waals surface area contributed by atoms with E-state index in [9.17, 15) is 9.59 Å². The third-order valence-corrected chi connectivity index (χ3v) is 4.93. The van der Waals surface area contributed by atoms with Crippen molar-refractivity contribution in [2.24, 2.45) is 0 Å². The molecular formula is C19H27N3O3. The average Bonchev–Trinajstić information content (AvgIpc) is 3.15. The second kappa shape index (κ2) is 8.97. The highest BCUT2D eigenvalue weighted by atomic mass is 16.5. The van der Waals surface area contributed by atoms with E-state index in [1.165, 1.54) is 5.56 Å². The summed E-state index contributed by atoms with van der Waals surface area (Å²) in [5.41, 5.74) is 1.17. The molecule has 0 bridgehead atoms. The Bertz CT molecular complexity index is 573. The maximum atomic E-state index is 11.9. The van der Waals surface area contributed by atoms with Crippen LogP contribution in [0.2, 0.25) is 0 Å². The molecule has 2 aliphatic rings. The van der Waals surface area contributed by atoms with Gasteiger partial charge in [0.05, 0.1) is 12.7 Å². The van der Waals surface area contributed by atoms with Crippen LogP contribution in [-0.2, 0) is 14.3 Å². The molecule has 1 saturated carbocycles. The molecule has 1 atom stereocenters. The van der Waals surface area contributed by atoms with Crippen molar-refractivity contribution in [3.05, 3.63) is 35.9 Å². The minimum Gasteiger partial charge on any atom is -0.371 e. The predicted molar refractivity (Wildman–Crippen MR) is 95.0 cm³/mol. The second-order valence-electron chi connectivity index (χ2n) is 6.78. The van der Waals surface area contributed by atoms with Crippen molar-refractivity contribution in [3.63, 3.8) is 0 Å². The van der Waals surface area contributed by atoms with E-state index in [0.717, 1.165) is 45.3 Å². The molecule has 136 valence electrons. The minimum absolute atomic E-state index is 0.0660. The number of carbonyl (C=O) groups excluding carboxylic acids is 2. The van der Waals surface area contributed by atoms with E-state index in [1.807, 2.05) is 18.2 Å². The molecule has 1 saturated heterocycles. The molecule has 2 amide bonds. The van der Waals surface area contributed by atoms with Crippen molar-refractivity contribution in [3.8, 4) is 0 Å². The second-order valence-corrected chi connectivity index (χ2v) is 6.78. The van der Waals surface area contributed by atoms with E-state index in [2.05, 4.69) is 27.7 Å². The van der Waals surface area contributed by atoms with Gasteiger partial charge in [-0.05, 0) is 18.4 Å². The first kappa shape index (κ1) is 17.9. The number of nitrogens with zero attached hydrogens (tertiary/aromatic N) is 1. The van der Waals surface area contributed by atoms with Crippen molar-refractivity contribution in [2.45, 2.75) is 37.8 Å². The number of ether oxygens (including phenoxy) is 1. The summed E-state index contributed by atoms with van der Waals surface area (Å²) in [5, 5.41) is 5.54. The molecule has 0 aromatic heterocycles. The molecule has 1 heterocycles. The third kappa shape index (κ3) is 5.28. The van der Waals surface area contributed by atoms with Crippen LogP contribution in [0, 0.1) is 0 Å². The molecule has 2 fully saturated rings. The highest BCUT2D eigenvalue weighted by Crippen LogP contribution is 2.21. The van der Waals surface area contributed by atoms with Gasteiger partial charge in [0.25, 0.3) is 0 Å². The highest BCUT2D eigenvalue weighted by molar-refractivity contribution is 6.35. The zero-order valence-electron chi connectivity index (χ0n) is 14.6. The first-order valence-corrected chi connectivity index (χ1v) is 9.20. The smallest absolute Gasteiger partial charge is 0.309 e. The Morgan fingerprint density at radius 3 is 2.64 bits per heavy atom. The first-order chi connectivity index (χ1) is 12.2. The Kier molecular flexibility index (Phi) is 6.42. The number of carbonyl (C=O) groups is 2. The Balaban J connectivity index is 1.38. The number of nitrogens with one attached hydrogen (secondary N) is 2. The number of morpholine rings is 1. The highest BCUT2D eigenvalue weighted by Gasteiger charge is 2.23. The van der Waals surface area contributed by atoms with Crippen molar-refractivity contribution in [2.75, 3.05) is 32.8 Å². The van der Waals surface area contributed by atoms with Gasteiger partial charge in [-0.2, -0.15) is 0 Å². The van der Waals surface area contributed by atoms with Gasteiger partial charge < -0.3 is 15.4 Å². The van der Waals surface area contributed by atoms with Crippen LogP contribution in [0.1, 0.15) is 37.4 Å². The maximum Gasteiger partial charge on any atom is 0.309 e. The fourth-order valence-corrected chi connectivity index (χ4v) is 3.50. The van der Waals surface area contributed by atoms with Gasteiger partial charge in [0.2, 0.25) is 0 Å². The Labute approximate surface area is 148 Å². The minimum atomic E-state index is -0.528. The molecule has 1 aliphatic carbocycles. The van der Waals surface area contributed by atoms with E-state index >= 15 is 0 Å². The molecule has 2 N–H and O–H groups in total. The van der Waals surface area contributed by atoms with Crippen molar-refractivity contribution in [1.29, 1.82) is 0 Å². The summed E-state index contributed by atoms with van der Waals surface area (Å²) in [6.07, 6.45) is 4.29. The standard InChI is InChI=1S/C19H27N3O3/c23-18(19(24)21-16-8-4-5-9-16)20-10-11-22-12-13-25-17(14-22)15-6-2-1-3-7-15/h1-3,6-7,16-17H,4-5,8-14H2,(H,20,23)(H,21,24)/t17-/m0/s1. The summed E-state index contributed by atoms with van der Waals surface area (Å²) in [4.78, 5) is 26.0. The van der Waals surface area contributed by atoms with Gasteiger partial charge in [0, 0.05) is 32.2 Å². The largest absolute Gasteiger partial charge is 0.371 e. The van der Waals surface area contributed by atoms with E-state index in [1.54, 1.807) is 0 Å². The number of hydrogen-bond acceptors (Lipinski definition) is 4. The summed E-state index contributed by atoms with van der Waals surface area (Å²) >= 11 is 0. The van der Waals surface area contributed by atoms with Crippen LogP contribution in [0.4, 0.5) is 0 Å². The van der Waals surface area contributed by atoms with E-state index < -0.39 is 11.8 Å². The number of benzene rings is 1. The number of rotatable bonds is 5. The zero-order chi connectivity index (χ0) is 17.5. The fraction of sp³-hybridized carbons (Fsp3) is 0.579. The van der Waals surface area contributed by atoms with Crippen LogP contribution in [0.3, 0.4) is 0 Å².